The minimum absolute atomic E-state index is 0.00430. The van der Waals surface area contributed by atoms with Gasteiger partial charge in [0.15, 0.2) is 11.5 Å². The van der Waals surface area contributed by atoms with Crippen molar-refractivity contribution in [3.8, 4) is 11.4 Å². The van der Waals surface area contributed by atoms with E-state index in [1.807, 2.05) is 0 Å². The predicted molar refractivity (Wildman–Crippen MR) is 65.3 cm³/mol. The van der Waals surface area contributed by atoms with Gasteiger partial charge in [0.05, 0.1) is 11.1 Å². The van der Waals surface area contributed by atoms with Gasteiger partial charge in [0.1, 0.15) is 11.6 Å². The molecule has 2 aromatic heterocycles. The van der Waals surface area contributed by atoms with Crippen molar-refractivity contribution in [2.24, 2.45) is 0 Å². The van der Waals surface area contributed by atoms with Crippen LogP contribution < -0.4 is 0 Å². The number of hydrogen-bond donors (Lipinski definition) is 1. The molecule has 0 radical (unpaired) electrons. The topological polar surface area (TPSA) is 67.5 Å². The van der Waals surface area contributed by atoms with E-state index in [0.717, 1.165) is 18.2 Å². The highest BCUT2D eigenvalue weighted by molar-refractivity contribution is 5.87. The Bertz CT molecular complexity index is 830. The molecule has 0 unspecified atom stereocenters. The van der Waals surface area contributed by atoms with E-state index in [2.05, 4.69) is 10.2 Å². The van der Waals surface area contributed by atoms with E-state index in [9.17, 15) is 13.6 Å². The van der Waals surface area contributed by atoms with Gasteiger partial charge < -0.3 is 5.11 Å². The van der Waals surface area contributed by atoms with Crippen LogP contribution in [0.2, 0.25) is 0 Å². The number of aromatic carboxylic acids is 1. The Balaban J connectivity index is 2.28. The second-order valence-electron chi connectivity index (χ2n) is 4.10. The number of fused-ring (bicyclic) bond motifs is 1. The fourth-order valence-electron chi connectivity index (χ4n) is 1.87. The predicted octanol–water partition coefficient (Wildman–Crippen LogP) is 2.37. The number of aromatic nitrogens is 3. The zero-order valence-electron chi connectivity index (χ0n) is 9.92. The molecule has 0 fully saturated rings. The second-order valence-corrected chi connectivity index (χ2v) is 4.10. The minimum Gasteiger partial charge on any atom is -0.478 e. The average Bonchev–Trinajstić information content (AvgIpc) is 2.84. The van der Waals surface area contributed by atoms with Gasteiger partial charge in [-0.25, -0.2) is 13.6 Å². The highest BCUT2D eigenvalue weighted by Gasteiger charge is 2.15. The molecule has 0 atom stereocenters. The number of rotatable bonds is 2. The van der Waals surface area contributed by atoms with E-state index in [4.69, 9.17) is 5.11 Å². The summed E-state index contributed by atoms with van der Waals surface area (Å²) >= 11 is 0. The Morgan fingerprint density at radius 1 is 1.15 bits per heavy atom. The first-order valence-electron chi connectivity index (χ1n) is 5.60. The van der Waals surface area contributed by atoms with Crippen LogP contribution in [0.4, 0.5) is 8.78 Å². The van der Waals surface area contributed by atoms with Crippen molar-refractivity contribution in [1.82, 2.24) is 14.6 Å². The lowest BCUT2D eigenvalue weighted by atomic mass is 10.2. The average molecular weight is 275 g/mol. The monoisotopic (exact) mass is 275 g/mol. The standard InChI is InChI=1S/C13H7F2N3O2/c14-8-2-3-10(15)9(5-8)12-17-16-11-4-1-7(13(19)20)6-18(11)12/h1-6H,(H,19,20). The lowest BCUT2D eigenvalue weighted by molar-refractivity contribution is 0.0696. The van der Waals surface area contributed by atoms with Gasteiger partial charge in [-0.1, -0.05) is 0 Å². The van der Waals surface area contributed by atoms with Crippen LogP contribution >= 0.6 is 0 Å². The molecule has 0 aliphatic heterocycles. The van der Waals surface area contributed by atoms with Gasteiger partial charge in [0.25, 0.3) is 0 Å². The first-order chi connectivity index (χ1) is 9.56. The van der Waals surface area contributed by atoms with Crippen LogP contribution in [0.3, 0.4) is 0 Å². The molecule has 0 amide bonds. The number of hydrogen-bond acceptors (Lipinski definition) is 3. The van der Waals surface area contributed by atoms with Crippen molar-refractivity contribution in [1.29, 1.82) is 0 Å². The Morgan fingerprint density at radius 3 is 2.70 bits per heavy atom. The fourth-order valence-corrected chi connectivity index (χ4v) is 1.87. The molecule has 3 aromatic rings. The molecule has 100 valence electrons. The Kier molecular flexibility index (Phi) is 2.67. The Labute approximate surface area is 111 Å². The van der Waals surface area contributed by atoms with Crippen molar-refractivity contribution >= 4 is 11.6 Å². The van der Waals surface area contributed by atoms with Crippen LogP contribution in [-0.4, -0.2) is 25.7 Å². The maximum Gasteiger partial charge on any atom is 0.337 e. The molecule has 5 nitrogen and oxygen atoms in total. The smallest absolute Gasteiger partial charge is 0.337 e. The third-order valence-corrected chi connectivity index (χ3v) is 2.82. The van der Waals surface area contributed by atoms with E-state index in [0.29, 0.717) is 5.65 Å². The largest absolute Gasteiger partial charge is 0.478 e. The Morgan fingerprint density at radius 2 is 1.95 bits per heavy atom. The summed E-state index contributed by atoms with van der Waals surface area (Å²) in [5.74, 6) is -2.37. The van der Waals surface area contributed by atoms with Gasteiger partial charge in [0.2, 0.25) is 0 Å². The van der Waals surface area contributed by atoms with Gasteiger partial charge in [-0.3, -0.25) is 4.40 Å². The minimum atomic E-state index is -1.13. The van der Waals surface area contributed by atoms with Crippen molar-refractivity contribution in [2.75, 3.05) is 0 Å². The summed E-state index contributed by atoms with van der Waals surface area (Å²) in [5, 5.41) is 16.5. The van der Waals surface area contributed by atoms with Crippen molar-refractivity contribution < 1.29 is 18.7 Å². The molecule has 0 aliphatic carbocycles. The molecule has 0 spiro atoms. The van der Waals surface area contributed by atoms with Crippen molar-refractivity contribution in [2.45, 2.75) is 0 Å². The summed E-state index contributed by atoms with van der Waals surface area (Å²) in [6.07, 6.45) is 1.26. The van der Waals surface area contributed by atoms with Crippen LogP contribution in [0.25, 0.3) is 17.0 Å². The number of carboxylic acids is 1. The van der Waals surface area contributed by atoms with Crippen LogP contribution in [0.1, 0.15) is 10.4 Å². The lowest BCUT2D eigenvalue weighted by Gasteiger charge is -2.03. The number of benzene rings is 1. The van der Waals surface area contributed by atoms with Gasteiger partial charge >= 0.3 is 5.97 Å². The summed E-state index contributed by atoms with van der Waals surface area (Å²) in [6.45, 7) is 0. The van der Waals surface area contributed by atoms with E-state index in [1.165, 1.54) is 22.7 Å². The van der Waals surface area contributed by atoms with E-state index >= 15 is 0 Å². The molecular formula is C13H7F2N3O2. The van der Waals surface area contributed by atoms with Gasteiger partial charge in [-0.2, -0.15) is 0 Å². The second kappa shape index (κ2) is 4.37. The summed E-state index contributed by atoms with van der Waals surface area (Å²) in [6, 6.07) is 5.76. The normalized spacial score (nSPS) is 10.9. The van der Waals surface area contributed by atoms with Crippen LogP contribution in [0.15, 0.2) is 36.5 Å². The molecule has 7 heteroatoms. The molecule has 0 aliphatic rings. The molecule has 3 rings (SSSR count). The molecule has 0 bridgehead atoms. The summed E-state index contributed by atoms with van der Waals surface area (Å²) in [7, 11) is 0. The van der Waals surface area contributed by atoms with E-state index < -0.39 is 17.6 Å². The van der Waals surface area contributed by atoms with Gasteiger partial charge in [-0.15, -0.1) is 10.2 Å². The highest BCUT2D eigenvalue weighted by atomic mass is 19.1. The fraction of sp³-hybridized carbons (Fsp3) is 0. The quantitative estimate of drug-likeness (QED) is 0.779. The number of halogens is 2. The van der Waals surface area contributed by atoms with Gasteiger partial charge in [0, 0.05) is 6.20 Å². The molecule has 1 aromatic carbocycles. The SMILES string of the molecule is O=C(O)c1ccc2nnc(-c3cc(F)ccc3F)n2c1. The van der Waals surface area contributed by atoms with Crippen LogP contribution in [0.5, 0.6) is 0 Å². The number of nitrogens with zero attached hydrogens (tertiary/aromatic N) is 3. The van der Waals surface area contributed by atoms with Crippen molar-refractivity contribution in [3.05, 3.63) is 53.7 Å². The first kappa shape index (κ1) is 12.2. The highest BCUT2D eigenvalue weighted by Crippen LogP contribution is 2.23. The molecule has 0 saturated heterocycles. The van der Waals surface area contributed by atoms with E-state index in [1.54, 1.807) is 0 Å². The van der Waals surface area contributed by atoms with Crippen LogP contribution in [-0.2, 0) is 0 Å². The zero-order valence-corrected chi connectivity index (χ0v) is 9.92. The van der Waals surface area contributed by atoms with Crippen molar-refractivity contribution in [3.63, 3.8) is 0 Å². The number of carbonyl (C=O) groups is 1. The third-order valence-electron chi connectivity index (χ3n) is 2.82. The summed E-state index contributed by atoms with van der Waals surface area (Å²) in [4.78, 5) is 10.9. The molecule has 0 saturated carbocycles. The first-order valence-corrected chi connectivity index (χ1v) is 5.60. The number of pyridine rings is 1. The van der Waals surface area contributed by atoms with Gasteiger partial charge in [-0.05, 0) is 30.3 Å². The van der Waals surface area contributed by atoms with Crippen LogP contribution in [0, 0.1) is 11.6 Å². The third kappa shape index (κ3) is 1.89. The number of carboxylic acid groups (broad SMARTS) is 1. The Hall–Kier alpha value is -2.83. The maximum absolute atomic E-state index is 13.8. The maximum atomic E-state index is 13.8. The lowest BCUT2D eigenvalue weighted by Crippen LogP contribution is -2.00. The molecule has 1 N–H and O–H groups in total. The summed E-state index contributed by atoms with van der Waals surface area (Å²) < 4.78 is 28.3. The summed E-state index contributed by atoms with van der Waals surface area (Å²) in [5.41, 5.74) is 0.254. The van der Waals surface area contributed by atoms with E-state index in [-0.39, 0.29) is 17.0 Å². The molecule has 20 heavy (non-hydrogen) atoms. The molecular weight excluding hydrogens is 268 g/mol. The zero-order chi connectivity index (χ0) is 14.3. The molecule has 2 heterocycles.